The molecular weight excluding hydrogens is 348 g/mol. The summed E-state index contributed by atoms with van der Waals surface area (Å²) in [5.41, 5.74) is 5.21. The number of sulfonamides is 1. The highest BCUT2D eigenvalue weighted by Crippen LogP contribution is 2.27. The van der Waals surface area contributed by atoms with Crippen molar-refractivity contribution in [2.75, 3.05) is 23.7 Å². The zero-order chi connectivity index (χ0) is 19.5. The third kappa shape index (κ3) is 4.85. The van der Waals surface area contributed by atoms with Crippen molar-refractivity contribution in [1.82, 2.24) is 5.32 Å². The lowest BCUT2D eigenvalue weighted by atomic mass is 10.1. The van der Waals surface area contributed by atoms with Crippen molar-refractivity contribution in [2.24, 2.45) is 0 Å². The second kappa shape index (κ2) is 7.91. The third-order valence-corrected chi connectivity index (χ3v) is 5.37. The Labute approximate surface area is 156 Å². The van der Waals surface area contributed by atoms with Crippen LogP contribution in [0.15, 0.2) is 36.4 Å². The van der Waals surface area contributed by atoms with Gasteiger partial charge < -0.3 is 5.32 Å². The van der Waals surface area contributed by atoms with Crippen molar-refractivity contribution in [2.45, 2.75) is 27.7 Å². The van der Waals surface area contributed by atoms with Gasteiger partial charge in [-0.2, -0.15) is 0 Å². The van der Waals surface area contributed by atoms with Gasteiger partial charge in [0.25, 0.3) is 5.91 Å². The number of aryl methyl sites for hydroxylation is 4. The minimum Gasteiger partial charge on any atom is -0.350 e. The molecular formula is C20H26N2O3S. The van der Waals surface area contributed by atoms with Gasteiger partial charge in [-0.25, -0.2) is 8.42 Å². The van der Waals surface area contributed by atoms with Gasteiger partial charge in [0.05, 0.1) is 18.5 Å². The lowest BCUT2D eigenvalue weighted by Gasteiger charge is -2.26. The van der Waals surface area contributed by atoms with Crippen molar-refractivity contribution in [3.8, 4) is 0 Å². The molecule has 0 aromatic heterocycles. The average molecular weight is 375 g/mol. The Morgan fingerprint density at radius 3 is 2.00 bits per heavy atom. The molecule has 1 N–H and O–H groups in total. The summed E-state index contributed by atoms with van der Waals surface area (Å²) in [5, 5.41) is 2.80. The van der Waals surface area contributed by atoms with Crippen molar-refractivity contribution in [3.63, 3.8) is 0 Å². The molecule has 0 radical (unpaired) electrons. The largest absolute Gasteiger partial charge is 0.350 e. The van der Waals surface area contributed by atoms with Gasteiger partial charge in [-0.1, -0.05) is 35.4 Å². The molecule has 0 saturated heterocycles. The van der Waals surface area contributed by atoms with Crippen molar-refractivity contribution in [3.05, 3.63) is 64.2 Å². The van der Waals surface area contributed by atoms with Gasteiger partial charge in [0, 0.05) is 12.1 Å². The Morgan fingerprint density at radius 1 is 0.962 bits per heavy atom. The molecule has 0 spiro atoms. The molecule has 140 valence electrons. The quantitative estimate of drug-likeness (QED) is 0.845. The number of carbonyl (C=O) groups is 1. The number of carbonyl (C=O) groups excluding carboxylic acids is 1. The molecule has 0 unspecified atom stereocenters. The Bertz CT molecular complexity index is 880. The Hall–Kier alpha value is -2.34. The summed E-state index contributed by atoms with van der Waals surface area (Å²) in [6.07, 6.45) is 1.19. The number of rotatable bonds is 6. The summed E-state index contributed by atoms with van der Waals surface area (Å²) in [6.45, 7) is 8.15. The number of nitrogens with zero attached hydrogens (tertiary/aromatic N) is 1. The fourth-order valence-electron chi connectivity index (χ4n) is 3.09. The van der Waals surface area contributed by atoms with Crippen LogP contribution < -0.4 is 9.62 Å². The normalized spacial score (nSPS) is 11.3. The first-order chi connectivity index (χ1) is 12.1. The van der Waals surface area contributed by atoms with E-state index in [2.05, 4.69) is 5.32 Å². The van der Waals surface area contributed by atoms with E-state index in [0.717, 1.165) is 22.3 Å². The zero-order valence-corrected chi connectivity index (χ0v) is 16.8. The Morgan fingerprint density at radius 2 is 1.50 bits per heavy atom. The van der Waals surface area contributed by atoms with Gasteiger partial charge in [0.1, 0.15) is 0 Å². The van der Waals surface area contributed by atoms with Crippen LogP contribution in [0, 0.1) is 27.7 Å². The smallest absolute Gasteiger partial charge is 0.251 e. The predicted octanol–water partition coefficient (Wildman–Crippen LogP) is 3.12. The molecule has 0 bridgehead atoms. The lowest BCUT2D eigenvalue weighted by Crippen LogP contribution is -2.39. The molecule has 5 nitrogen and oxygen atoms in total. The Kier molecular flexibility index (Phi) is 6.08. The molecule has 2 aromatic carbocycles. The van der Waals surface area contributed by atoms with E-state index in [0.29, 0.717) is 11.3 Å². The van der Waals surface area contributed by atoms with E-state index in [1.165, 1.54) is 10.6 Å². The van der Waals surface area contributed by atoms with E-state index in [9.17, 15) is 13.2 Å². The van der Waals surface area contributed by atoms with Crippen LogP contribution in [0.25, 0.3) is 0 Å². The van der Waals surface area contributed by atoms with Crippen molar-refractivity contribution in [1.29, 1.82) is 0 Å². The maximum Gasteiger partial charge on any atom is 0.251 e. The van der Waals surface area contributed by atoms with E-state index in [1.54, 1.807) is 12.1 Å². The average Bonchev–Trinajstić information content (AvgIpc) is 2.52. The molecule has 0 saturated carbocycles. The molecule has 0 atom stereocenters. The first-order valence-electron chi connectivity index (χ1n) is 8.50. The number of hydrogen-bond acceptors (Lipinski definition) is 3. The topological polar surface area (TPSA) is 66.5 Å². The fraction of sp³-hybridized carbons (Fsp3) is 0.350. The van der Waals surface area contributed by atoms with E-state index in [1.807, 2.05) is 52.0 Å². The first kappa shape index (κ1) is 20.0. The van der Waals surface area contributed by atoms with Gasteiger partial charge >= 0.3 is 0 Å². The van der Waals surface area contributed by atoms with Crippen LogP contribution in [0.4, 0.5) is 5.69 Å². The highest BCUT2D eigenvalue weighted by molar-refractivity contribution is 7.92. The van der Waals surface area contributed by atoms with Crippen LogP contribution in [-0.2, 0) is 10.0 Å². The molecule has 0 aliphatic rings. The highest BCUT2D eigenvalue weighted by Gasteiger charge is 2.21. The summed E-state index contributed by atoms with van der Waals surface area (Å²) in [6, 6.07) is 11.2. The van der Waals surface area contributed by atoms with Gasteiger partial charge in [0.15, 0.2) is 0 Å². The van der Waals surface area contributed by atoms with Crippen LogP contribution in [-0.4, -0.2) is 33.7 Å². The minimum absolute atomic E-state index is 0.182. The van der Waals surface area contributed by atoms with Crippen LogP contribution in [0.1, 0.15) is 32.6 Å². The lowest BCUT2D eigenvalue weighted by molar-refractivity contribution is 0.0955. The van der Waals surface area contributed by atoms with Crippen LogP contribution in [0.2, 0.25) is 0 Å². The van der Waals surface area contributed by atoms with Crippen LogP contribution in [0.5, 0.6) is 0 Å². The number of amides is 1. The van der Waals surface area contributed by atoms with E-state index in [4.69, 9.17) is 0 Å². The van der Waals surface area contributed by atoms with Gasteiger partial charge in [-0.05, 0) is 51.0 Å². The monoisotopic (exact) mass is 374 g/mol. The van der Waals surface area contributed by atoms with Crippen LogP contribution in [0.3, 0.4) is 0 Å². The standard InChI is InChI=1S/C20H26N2O3S/c1-14-6-8-18(9-7-14)20(23)21-10-11-22(26(5,24)25)19-16(3)12-15(2)13-17(19)4/h6-9,12-13H,10-11H2,1-5H3,(H,21,23). The molecule has 0 fully saturated rings. The predicted molar refractivity (Wildman–Crippen MR) is 106 cm³/mol. The Balaban J connectivity index is 2.15. The molecule has 2 rings (SSSR count). The van der Waals surface area contributed by atoms with E-state index >= 15 is 0 Å². The summed E-state index contributed by atoms with van der Waals surface area (Å²) < 4.78 is 26.0. The second-order valence-corrected chi connectivity index (χ2v) is 8.61. The maximum absolute atomic E-state index is 12.3. The van der Waals surface area contributed by atoms with Crippen LogP contribution >= 0.6 is 0 Å². The third-order valence-electron chi connectivity index (χ3n) is 4.20. The molecule has 0 heterocycles. The van der Waals surface area contributed by atoms with E-state index in [-0.39, 0.29) is 19.0 Å². The molecule has 2 aromatic rings. The summed E-state index contributed by atoms with van der Waals surface area (Å²) in [4.78, 5) is 12.2. The van der Waals surface area contributed by atoms with Crippen molar-refractivity contribution >= 4 is 21.6 Å². The SMILES string of the molecule is Cc1ccc(C(=O)NCCN(c2c(C)cc(C)cc2C)S(C)(=O)=O)cc1. The minimum atomic E-state index is -3.46. The van der Waals surface area contributed by atoms with Gasteiger partial charge in [0.2, 0.25) is 10.0 Å². The van der Waals surface area contributed by atoms with Gasteiger partial charge in [-0.15, -0.1) is 0 Å². The zero-order valence-electron chi connectivity index (χ0n) is 16.0. The first-order valence-corrected chi connectivity index (χ1v) is 10.3. The number of hydrogen-bond donors (Lipinski definition) is 1. The summed E-state index contributed by atoms with van der Waals surface area (Å²) in [7, 11) is -3.46. The number of nitrogens with one attached hydrogen (secondary N) is 1. The molecule has 0 aliphatic heterocycles. The summed E-state index contributed by atoms with van der Waals surface area (Å²) in [5.74, 6) is -0.212. The highest BCUT2D eigenvalue weighted by atomic mass is 32.2. The van der Waals surface area contributed by atoms with Crippen molar-refractivity contribution < 1.29 is 13.2 Å². The summed E-state index contributed by atoms with van der Waals surface area (Å²) >= 11 is 0. The number of benzene rings is 2. The molecule has 1 amide bonds. The second-order valence-electron chi connectivity index (χ2n) is 6.70. The molecule has 26 heavy (non-hydrogen) atoms. The molecule has 6 heteroatoms. The molecule has 0 aliphatic carbocycles. The fourth-order valence-corrected chi connectivity index (χ4v) is 4.13. The van der Waals surface area contributed by atoms with E-state index < -0.39 is 10.0 Å². The number of anilines is 1. The van der Waals surface area contributed by atoms with Gasteiger partial charge in [-0.3, -0.25) is 9.10 Å². The maximum atomic E-state index is 12.3.